The Kier molecular flexibility index (Phi) is 7.76. The van der Waals surface area contributed by atoms with E-state index in [0.29, 0.717) is 17.0 Å². The largest absolute Gasteiger partial charge is 0.497 e. The molecule has 3 rings (SSSR count). The van der Waals surface area contributed by atoms with Crippen molar-refractivity contribution in [3.8, 4) is 5.75 Å². The summed E-state index contributed by atoms with van der Waals surface area (Å²) >= 11 is 1.42. The molecule has 6 nitrogen and oxygen atoms in total. The number of carbonyl (C=O) groups excluding carboxylic acids is 2. The minimum absolute atomic E-state index is 0.0904. The number of amides is 2. The molecular weight excluding hydrogens is 410 g/mol. The number of hydrogen-bond acceptors (Lipinski definition) is 5. The molecular formula is C24H29N3O3S. The first-order valence-electron chi connectivity index (χ1n) is 10.4. The third-order valence-electron chi connectivity index (χ3n) is 5.34. The van der Waals surface area contributed by atoms with Gasteiger partial charge in [-0.2, -0.15) is 0 Å². The summed E-state index contributed by atoms with van der Waals surface area (Å²) in [4.78, 5) is 30.9. The number of thioether (sulfide) groups is 1. The van der Waals surface area contributed by atoms with Crippen LogP contribution in [-0.4, -0.2) is 57.1 Å². The van der Waals surface area contributed by atoms with E-state index in [4.69, 9.17) is 4.74 Å². The standard InChI is InChI=1S/C24H29N3O3S/c1-5-27(6-2)14-13-25-23(28)18-9-12-21-20(16-18)26(3)24(29)22(31-21)15-17-7-10-19(30-4)11-8-17/h7-12,15-16H,5-6,13-14H2,1-4H3,(H,25,28)/b22-15-. The highest BCUT2D eigenvalue weighted by atomic mass is 32.2. The number of benzene rings is 2. The second-order valence-electron chi connectivity index (χ2n) is 7.21. The Bertz CT molecular complexity index is 969. The highest BCUT2D eigenvalue weighted by Gasteiger charge is 2.27. The molecule has 7 heteroatoms. The van der Waals surface area contributed by atoms with Crippen molar-refractivity contribution in [2.45, 2.75) is 18.7 Å². The van der Waals surface area contributed by atoms with E-state index >= 15 is 0 Å². The van der Waals surface area contributed by atoms with Gasteiger partial charge < -0.3 is 19.9 Å². The lowest BCUT2D eigenvalue weighted by Gasteiger charge is -2.27. The molecule has 2 aromatic rings. The van der Waals surface area contributed by atoms with Crippen LogP contribution in [0.4, 0.5) is 5.69 Å². The fraction of sp³-hybridized carbons (Fsp3) is 0.333. The zero-order valence-electron chi connectivity index (χ0n) is 18.5. The maximum absolute atomic E-state index is 12.9. The van der Waals surface area contributed by atoms with Gasteiger partial charge in [0.2, 0.25) is 0 Å². The summed E-state index contributed by atoms with van der Waals surface area (Å²) in [5.41, 5.74) is 2.23. The van der Waals surface area contributed by atoms with Crippen molar-refractivity contribution in [3.63, 3.8) is 0 Å². The van der Waals surface area contributed by atoms with E-state index in [1.807, 2.05) is 42.5 Å². The molecule has 1 aliphatic rings. The number of anilines is 1. The lowest BCUT2D eigenvalue weighted by atomic mass is 10.1. The molecule has 2 amide bonds. The molecule has 0 aliphatic carbocycles. The Morgan fingerprint density at radius 3 is 2.52 bits per heavy atom. The summed E-state index contributed by atoms with van der Waals surface area (Å²) in [6.45, 7) is 7.55. The van der Waals surface area contributed by atoms with Crippen LogP contribution in [0.15, 0.2) is 52.3 Å². The maximum atomic E-state index is 12.9. The molecule has 0 bridgehead atoms. The van der Waals surface area contributed by atoms with Gasteiger partial charge in [-0.05, 0) is 55.1 Å². The average molecular weight is 440 g/mol. The van der Waals surface area contributed by atoms with Crippen LogP contribution in [0.25, 0.3) is 6.08 Å². The molecule has 0 spiro atoms. The van der Waals surface area contributed by atoms with Gasteiger partial charge in [-0.1, -0.05) is 37.7 Å². The monoisotopic (exact) mass is 439 g/mol. The zero-order chi connectivity index (χ0) is 22.4. The van der Waals surface area contributed by atoms with Crippen LogP contribution in [0.3, 0.4) is 0 Å². The van der Waals surface area contributed by atoms with Crippen molar-refractivity contribution in [1.29, 1.82) is 0 Å². The summed E-state index contributed by atoms with van der Waals surface area (Å²) in [6.07, 6.45) is 1.87. The fourth-order valence-electron chi connectivity index (χ4n) is 3.36. The van der Waals surface area contributed by atoms with Crippen LogP contribution in [-0.2, 0) is 4.79 Å². The Morgan fingerprint density at radius 2 is 1.87 bits per heavy atom. The number of nitrogens with zero attached hydrogens (tertiary/aromatic N) is 2. The predicted molar refractivity (Wildman–Crippen MR) is 127 cm³/mol. The van der Waals surface area contributed by atoms with Crippen LogP contribution in [0, 0.1) is 0 Å². The number of ether oxygens (including phenoxy) is 1. The third-order valence-corrected chi connectivity index (χ3v) is 6.42. The van der Waals surface area contributed by atoms with Crippen molar-refractivity contribution in [2.24, 2.45) is 0 Å². The zero-order valence-corrected chi connectivity index (χ0v) is 19.3. The first kappa shape index (κ1) is 22.9. The van der Waals surface area contributed by atoms with Gasteiger partial charge in [0.05, 0.1) is 17.7 Å². The topological polar surface area (TPSA) is 61.9 Å². The van der Waals surface area contributed by atoms with Gasteiger partial charge in [-0.25, -0.2) is 0 Å². The summed E-state index contributed by atoms with van der Waals surface area (Å²) in [5, 5.41) is 2.97. The second kappa shape index (κ2) is 10.5. The van der Waals surface area contributed by atoms with E-state index in [1.165, 1.54) is 11.8 Å². The molecule has 0 unspecified atom stereocenters. The van der Waals surface area contributed by atoms with Gasteiger partial charge in [0.1, 0.15) is 5.75 Å². The normalized spacial score (nSPS) is 14.7. The molecule has 0 saturated heterocycles. The maximum Gasteiger partial charge on any atom is 0.264 e. The van der Waals surface area contributed by atoms with E-state index in [0.717, 1.165) is 41.5 Å². The average Bonchev–Trinajstić information content (AvgIpc) is 2.80. The van der Waals surface area contributed by atoms with E-state index in [1.54, 1.807) is 25.1 Å². The molecule has 1 N–H and O–H groups in total. The number of likely N-dealkylation sites (N-methyl/N-ethyl adjacent to an activating group) is 2. The van der Waals surface area contributed by atoms with Gasteiger partial charge in [0, 0.05) is 30.6 Å². The number of nitrogens with one attached hydrogen (secondary N) is 1. The van der Waals surface area contributed by atoms with Crippen molar-refractivity contribution in [1.82, 2.24) is 10.2 Å². The highest BCUT2D eigenvalue weighted by molar-refractivity contribution is 8.04. The smallest absolute Gasteiger partial charge is 0.264 e. The first-order chi connectivity index (χ1) is 15.0. The Labute approximate surface area is 188 Å². The molecule has 0 aromatic heterocycles. The molecule has 31 heavy (non-hydrogen) atoms. The third kappa shape index (κ3) is 5.48. The van der Waals surface area contributed by atoms with Crippen molar-refractivity contribution in [2.75, 3.05) is 45.2 Å². The lowest BCUT2D eigenvalue weighted by Crippen LogP contribution is -2.35. The molecule has 0 saturated carbocycles. The molecule has 164 valence electrons. The van der Waals surface area contributed by atoms with Crippen LogP contribution in [0.2, 0.25) is 0 Å². The molecule has 1 aliphatic heterocycles. The summed E-state index contributed by atoms with van der Waals surface area (Å²) in [6, 6.07) is 13.1. The molecule has 2 aromatic carbocycles. The van der Waals surface area contributed by atoms with Gasteiger partial charge in [-0.15, -0.1) is 0 Å². The van der Waals surface area contributed by atoms with Crippen molar-refractivity contribution < 1.29 is 14.3 Å². The number of hydrogen-bond donors (Lipinski definition) is 1. The quantitative estimate of drug-likeness (QED) is 0.633. The molecule has 0 fully saturated rings. The highest BCUT2D eigenvalue weighted by Crippen LogP contribution is 2.42. The van der Waals surface area contributed by atoms with Gasteiger partial charge in [0.15, 0.2) is 0 Å². The van der Waals surface area contributed by atoms with Crippen molar-refractivity contribution in [3.05, 3.63) is 58.5 Å². The molecule has 0 atom stereocenters. The van der Waals surface area contributed by atoms with E-state index in [2.05, 4.69) is 24.1 Å². The second-order valence-corrected chi connectivity index (χ2v) is 8.30. The Morgan fingerprint density at radius 1 is 1.16 bits per heavy atom. The first-order valence-corrected chi connectivity index (χ1v) is 11.2. The van der Waals surface area contributed by atoms with E-state index in [9.17, 15) is 9.59 Å². The van der Waals surface area contributed by atoms with Crippen LogP contribution in [0.1, 0.15) is 29.8 Å². The fourth-order valence-corrected chi connectivity index (χ4v) is 4.45. The van der Waals surface area contributed by atoms with Crippen LogP contribution >= 0.6 is 11.8 Å². The molecule has 0 radical (unpaired) electrons. The Hall–Kier alpha value is -2.77. The van der Waals surface area contributed by atoms with Crippen molar-refractivity contribution >= 4 is 35.3 Å². The SMILES string of the molecule is CCN(CC)CCNC(=O)c1ccc2c(c1)N(C)C(=O)/C(=C/c1ccc(OC)cc1)S2. The van der Waals surface area contributed by atoms with Gasteiger partial charge in [0.25, 0.3) is 11.8 Å². The van der Waals surface area contributed by atoms with Crippen LogP contribution in [0.5, 0.6) is 5.75 Å². The van der Waals surface area contributed by atoms with Gasteiger partial charge >= 0.3 is 0 Å². The summed E-state index contributed by atoms with van der Waals surface area (Å²) < 4.78 is 5.19. The number of fused-ring (bicyclic) bond motifs is 1. The minimum atomic E-state index is -0.125. The van der Waals surface area contributed by atoms with Crippen LogP contribution < -0.4 is 15.0 Å². The van der Waals surface area contributed by atoms with Gasteiger partial charge in [-0.3, -0.25) is 9.59 Å². The molecule has 1 heterocycles. The summed E-state index contributed by atoms with van der Waals surface area (Å²) in [7, 11) is 3.37. The minimum Gasteiger partial charge on any atom is -0.497 e. The summed E-state index contributed by atoms with van der Waals surface area (Å²) in [5.74, 6) is 0.558. The number of methoxy groups -OCH3 is 1. The Balaban J connectivity index is 1.74. The van der Waals surface area contributed by atoms with E-state index < -0.39 is 0 Å². The number of carbonyl (C=O) groups is 2. The lowest BCUT2D eigenvalue weighted by molar-refractivity contribution is -0.114. The predicted octanol–water partition coefficient (Wildman–Crippen LogP) is 3.88. The number of rotatable bonds is 8. The van der Waals surface area contributed by atoms with E-state index in [-0.39, 0.29) is 11.8 Å².